The molecule has 1 aliphatic carbocycles. The number of piperazine rings is 1. The second-order valence-electron chi connectivity index (χ2n) is 9.04. The molecule has 7 heteroatoms. The van der Waals surface area contributed by atoms with E-state index >= 15 is 0 Å². The highest BCUT2D eigenvalue weighted by atomic mass is 35.5. The van der Waals surface area contributed by atoms with Gasteiger partial charge in [0.15, 0.2) is 0 Å². The maximum atomic E-state index is 13.6. The van der Waals surface area contributed by atoms with E-state index in [1.807, 2.05) is 39.8 Å². The Morgan fingerprint density at radius 2 is 1.82 bits per heavy atom. The van der Waals surface area contributed by atoms with Crippen LogP contribution in [0.15, 0.2) is 24.3 Å². The molecule has 4 nitrogen and oxygen atoms in total. The van der Waals surface area contributed by atoms with Gasteiger partial charge in [-0.25, -0.2) is 13.6 Å². The van der Waals surface area contributed by atoms with Gasteiger partial charge in [0, 0.05) is 49.6 Å². The van der Waals surface area contributed by atoms with E-state index in [1.54, 1.807) is 17.0 Å². The van der Waals surface area contributed by atoms with Crippen molar-refractivity contribution < 1.29 is 18.3 Å². The van der Waals surface area contributed by atoms with Crippen molar-refractivity contribution in [1.82, 2.24) is 9.80 Å². The summed E-state index contributed by atoms with van der Waals surface area (Å²) in [6, 6.07) is 7.31. The van der Waals surface area contributed by atoms with Crippen LogP contribution >= 0.6 is 11.6 Å². The highest BCUT2D eigenvalue weighted by molar-refractivity contribution is 6.30. The second kappa shape index (κ2) is 7.79. The lowest BCUT2D eigenvalue weighted by Crippen LogP contribution is -2.57. The summed E-state index contributed by atoms with van der Waals surface area (Å²) in [5.74, 6) is -2.67. The first-order valence-corrected chi connectivity index (χ1v) is 10.2. The first-order chi connectivity index (χ1) is 13.0. The van der Waals surface area contributed by atoms with Crippen molar-refractivity contribution in [3.8, 4) is 0 Å². The minimum absolute atomic E-state index is 0.0565. The summed E-state index contributed by atoms with van der Waals surface area (Å²) in [6.07, 6.45) is -0.514. The van der Waals surface area contributed by atoms with Gasteiger partial charge in [-0.05, 0) is 51.3 Å². The van der Waals surface area contributed by atoms with Gasteiger partial charge in [-0.3, -0.25) is 4.90 Å². The second-order valence-corrected chi connectivity index (χ2v) is 9.47. The lowest BCUT2D eigenvalue weighted by atomic mass is 9.73. The van der Waals surface area contributed by atoms with Gasteiger partial charge in [0.05, 0.1) is 0 Å². The molecule has 1 aliphatic heterocycles. The van der Waals surface area contributed by atoms with Crippen LogP contribution in [0.5, 0.6) is 0 Å². The van der Waals surface area contributed by atoms with E-state index < -0.39 is 11.5 Å². The number of halogens is 3. The van der Waals surface area contributed by atoms with Crippen molar-refractivity contribution in [3.05, 3.63) is 34.9 Å². The smallest absolute Gasteiger partial charge is 0.410 e. The van der Waals surface area contributed by atoms with Crippen LogP contribution in [0, 0.1) is 5.92 Å². The van der Waals surface area contributed by atoms with Crippen LogP contribution in [0.25, 0.3) is 0 Å². The third kappa shape index (κ3) is 4.95. The van der Waals surface area contributed by atoms with Gasteiger partial charge in [-0.15, -0.1) is 0 Å². The Kier molecular flexibility index (Phi) is 5.93. The molecule has 0 N–H and O–H groups in total. The van der Waals surface area contributed by atoms with Crippen LogP contribution in [0.4, 0.5) is 13.6 Å². The fourth-order valence-corrected chi connectivity index (χ4v) is 4.33. The van der Waals surface area contributed by atoms with Crippen molar-refractivity contribution in [2.24, 2.45) is 5.92 Å². The Morgan fingerprint density at radius 3 is 2.32 bits per heavy atom. The first-order valence-electron chi connectivity index (χ1n) is 9.82. The molecule has 1 amide bonds. The average Bonchev–Trinajstić information content (AvgIpc) is 2.53. The van der Waals surface area contributed by atoms with Gasteiger partial charge in [-0.2, -0.15) is 0 Å². The molecule has 1 heterocycles. The predicted molar refractivity (Wildman–Crippen MR) is 106 cm³/mol. The number of rotatable bonds is 3. The number of hydrogen-bond acceptors (Lipinski definition) is 3. The fourth-order valence-electron chi connectivity index (χ4n) is 4.20. The molecule has 1 aromatic carbocycles. The average molecular weight is 415 g/mol. The van der Waals surface area contributed by atoms with Crippen LogP contribution in [-0.4, -0.2) is 53.1 Å². The number of alkyl halides is 2. The van der Waals surface area contributed by atoms with E-state index in [9.17, 15) is 13.6 Å². The molecule has 1 aromatic rings. The zero-order valence-electron chi connectivity index (χ0n) is 16.9. The fraction of sp³-hybridized carbons (Fsp3) is 0.667. The van der Waals surface area contributed by atoms with Crippen LogP contribution in [0.2, 0.25) is 5.02 Å². The van der Waals surface area contributed by atoms with Crippen LogP contribution in [-0.2, 0) is 4.74 Å². The zero-order valence-corrected chi connectivity index (χ0v) is 17.7. The Bertz CT molecular complexity index is 697. The minimum atomic E-state index is -2.57. The summed E-state index contributed by atoms with van der Waals surface area (Å²) in [5.41, 5.74) is 0.458. The highest BCUT2D eigenvalue weighted by Crippen LogP contribution is 2.50. The van der Waals surface area contributed by atoms with Gasteiger partial charge < -0.3 is 9.64 Å². The SMILES string of the molecule is CC1CN(C(c2ccc(Cl)cc2)C2CC(F)(F)C2)CCN1C(=O)OC(C)(C)C. The molecule has 28 heavy (non-hydrogen) atoms. The Balaban J connectivity index is 1.73. The molecule has 156 valence electrons. The number of carbonyl (C=O) groups is 1. The van der Waals surface area contributed by atoms with Crippen molar-refractivity contribution in [2.45, 2.75) is 64.1 Å². The normalized spacial score (nSPS) is 24.5. The molecule has 2 unspecified atom stereocenters. The van der Waals surface area contributed by atoms with Crippen LogP contribution in [0.3, 0.4) is 0 Å². The molecule has 2 fully saturated rings. The minimum Gasteiger partial charge on any atom is -0.444 e. The third-order valence-electron chi connectivity index (χ3n) is 5.46. The van der Waals surface area contributed by atoms with Gasteiger partial charge in [0.1, 0.15) is 5.60 Å². The van der Waals surface area contributed by atoms with Crippen molar-refractivity contribution >= 4 is 17.7 Å². The molecule has 0 aromatic heterocycles. The Hall–Kier alpha value is -1.40. The Morgan fingerprint density at radius 1 is 1.21 bits per heavy atom. The quantitative estimate of drug-likeness (QED) is 0.666. The predicted octanol–water partition coefficient (Wildman–Crippen LogP) is 5.37. The van der Waals surface area contributed by atoms with E-state index in [-0.39, 0.29) is 36.9 Å². The monoisotopic (exact) mass is 414 g/mol. The van der Waals surface area contributed by atoms with Gasteiger partial charge >= 0.3 is 6.09 Å². The lowest BCUT2D eigenvalue weighted by molar-refractivity contribution is -0.136. The van der Waals surface area contributed by atoms with Gasteiger partial charge in [-0.1, -0.05) is 23.7 Å². The molecular weight excluding hydrogens is 386 g/mol. The van der Waals surface area contributed by atoms with E-state index in [0.29, 0.717) is 24.7 Å². The summed E-state index contributed by atoms with van der Waals surface area (Å²) in [7, 11) is 0. The Labute approximate surface area is 170 Å². The van der Waals surface area contributed by atoms with E-state index in [1.165, 1.54) is 0 Å². The summed E-state index contributed by atoms with van der Waals surface area (Å²) >= 11 is 6.01. The number of ether oxygens (including phenoxy) is 1. The largest absolute Gasteiger partial charge is 0.444 e. The molecular formula is C21H29ClF2N2O2. The lowest BCUT2D eigenvalue weighted by Gasteiger charge is -2.49. The maximum absolute atomic E-state index is 13.6. The standard InChI is InChI=1S/C21H29ClF2N2O2/c1-14-13-25(9-10-26(14)19(27)28-20(2,3)4)18(16-11-21(23,24)12-16)15-5-7-17(22)8-6-15/h5-8,14,16,18H,9-13H2,1-4H3. The summed E-state index contributed by atoms with van der Waals surface area (Å²) in [6.45, 7) is 9.28. The van der Waals surface area contributed by atoms with Gasteiger partial charge in [0.25, 0.3) is 0 Å². The number of carbonyl (C=O) groups excluding carboxylic acids is 1. The molecule has 2 aliphatic rings. The molecule has 1 saturated carbocycles. The van der Waals surface area contributed by atoms with E-state index in [0.717, 1.165) is 5.56 Å². The molecule has 1 saturated heterocycles. The van der Waals surface area contributed by atoms with E-state index in [2.05, 4.69) is 4.90 Å². The summed E-state index contributed by atoms with van der Waals surface area (Å²) in [5, 5.41) is 0.629. The van der Waals surface area contributed by atoms with Crippen molar-refractivity contribution in [2.75, 3.05) is 19.6 Å². The number of hydrogen-bond donors (Lipinski definition) is 0. The summed E-state index contributed by atoms with van der Waals surface area (Å²) < 4.78 is 32.7. The van der Waals surface area contributed by atoms with Crippen LogP contribution in [0.1, 0.15) is 52.1 Å². The molecule has 0 radical (unpaired) electrons. The maximum Gasteiger partial charge on any atom is 0.410 e. The van der Waals surface area contributed by atoms with Crippen LogP contribution < -0.4 is 0 Å². The molecule has 3 rings (SSSR count). The first kappa shape index (κ1) is 21.3. The van der Waals surface area contributed by atoms with Crippen molar-refractivity contribution in [1.29, 1.82) is 0 Å². The molecule has 2 atom stereocenters. The van der Waals surface area contributed by atoms with E-state index in [4.69, 9.17) is 16.3 Å². The summed E-state index contributed by atoms with van der Waals surface area (Å²) in [4.78, 5) is 16.4. The number of benzene rings is 1. The number of amides is 1. The molecule has 0 bridgehead atoms. The van der Waals surface area contributed by atoms with Gasteiger partial charge in [0.2, 0.25) is 5.92 Å². The van der Waals surface area contributed by atoms with Crippen molar-refractivity contribution in [3.63, 3.8) is 0 Å². The number of nitrogens with zero attached hydrogens (tertiary/aromatic N) is 2. The topological polar surface area (TPSA) is 32.8 Å². The molecule has 0 spiro atoms. The highest BCUT2D eigenvalue weighted by Gasteiger charge is 2.50. The zero-order chi connectivity index (χ0) is 20.7. The third-order valence-corrected chi connectivity index (χ3v) is 5.71.